The number of nitrogens with zero attached hydrogens (tertiary/aromatic N) is 2. The van der Waals surface area contributed by atoms with Gasteiger partial charge in [-0.3, -0.25) is 20.2 Å². The van der Waals surface area contributed by atoms with Crippen LogP contribution in [0.3, 0.4) is 0 Å². The molecular formula is C32H35Cl2N5O5S. The van der Waals surface area contributed by atoms with Crippen LogP contribution in [0.2, 0.25) is 10.0 Å². The summed E-state index contributed by atoms with van der Waals surface area (Å²) in [6.07, 6.45) is 1.62. The van der Waals surface area contributed by atoms with Crippen LogP contribution >= 0.6 is 23.2 Å². The highest BCUT2D eigenvalue weighted by Crippen LogP contribution is 2.45. The third-order valence-corrected chi connectivity index (χ3v) is 10.9. The SMILES string of the molecule is CCOc1cc(S(=O)(=O)N2CCCC2)ccc1C1(C(=O)N2CCNC(=O)C2)N[C@H](c2ccc(Cl)cc2)[C@H](c2ccc(Cl)cc2)N1. The molecule has 3 N–H and O–H groups in total. The maximum Gasteiger partial charge on any atom is 0.263 e. The zero-order valence-corrected chi connectivity index (χ0v) is 27.1. The van der Waals surface area contributed by atoms with Gasteiger partial charge in [-0.15, -0.1) is 0 Å². The van der Waals surface area contributed by atoms with E-state index in [-0.39, 0.29) is 35.6 Å². The van der Waals surface area contributed by atoms with Gasteiger partial charge in [0.15, 0.2) is 5.66 Å². The lowest BCUT2D eigenvalue weighted by Gasteiger charge is -2.38. The van der Waals surface area contributed by atoms with Crippen molar-refractivity contribution in [3.8, 4) is 5.75 Å². The number of hydrogen-bond donors (Lipinski definition) is 3. The number of carbonyl (C=O) groups excluding carboxylic acids is 2. The number of sulfonamides is 1. The molecule has 3 fully saturated rings. The maximum atomic E-state index is 14.8. The highest BCUT2D eigenvalue weighted by atomic mass is 35.5. The number of halogens is 2. The van der Waals surface area contributed by atoms with E-state index in [9.17, 15) is 18.0 Å². The largest absolute Gasteiger partial charge is 0.493 e. The molecule has 0 bridgehead atoms. The molecule has 0 saturated carbocycles. The smallest absolute Gasteiger partial charge is 0.263 e. The molecule has 45 heavy (non-hydrogen) atoms. The Morgan fingerprint density at radius 3 is 2.02 bits per heavy atom. The highest BCUT2D eigenvalue weighted by Gasteiger charge is 2.55. The third-order valence-electron chi connectivity index (χ3n) is 8.54. The minimum absolute atomic E-state index is 0.0954. The Balaban J connectivity index is 1.52. The van der Waals surface area contributed by atoms with E-state index in [2.05, 4.69) is 16.0 Å². The summed E-state index contributed by atoms with van der Waals surface area (Å²) in [5.41, 5.74) is 0.538. The summed E-state index contributed by atoms with van der Waals surface area (Å²) in [5, 5.41) is 11.1. The molecule has 2 amide bonds. The first-order valence-corrected chi connectivity index (χ1v) is 17.2. The molecule has 0 spiro atoms. The monoisotopic (exact) mass is 671 g/mol. The lowest BCUT2D eigenvalue weighted by molar-refractivity contribution is -0.144. The summed E-state index contributed by atoms with van der Waals surface area (Å²) >= 11 is 12.5. The Hall–Kier alpha value is -3.19. The average Bonchev–Trinajstić information content (AvgIpc) is 3.72. The van der Waals surface area contributed by atoms with Gasteiger partial charge in [0, 0.05) is 47.9 Å². The number of amides is 2. The van der Waals surface area contributed by atoms with E-state index in [0.717, 1.165) is 24.0 Å². The number of nitrogens with one attached hydrogen (secondary N) is 3. The number of carbonyl (C=O) groups is 2. The van der Waals surface area contributed by atoms with Crippen LogP contribution in [0.15, 0.2) is 71.6 Å². The van der Waals surface area contributed by atoms with Crippen LogP contribution in [0.5, 0.6) is 5.75 Å². The summed E-state index contributed by atoms with van der Waals surface area (Å²) in [6, 6.07) is 18.5. The quantitative estimate of drug-likeness (QED) is 0.332. The maximum absolute atomic E-state index is 14.8. The first-order valence-electron chi connectivity index (χ1n) is 15.0. The van der Waals surface area contributed by atoms with E-state index in [1.54, 1.807) is 37.3 Å². The first kappa shape index (κ1) is 31.8. The second-order valence-corrected chi connectivity index (χ2v) is 14.2. The van der Waals surface area contributed by atoms with Gasteiger partial charge in [-0.1, -0.05) is 53.5 Å². The highest BCUT2D eigenvalue weighted by molar-refractivity contribution is 7.89. The molecule has 10 nitrogen and oxygen atoms in total. The molecule has 0 aromatic heterocycles. The van der Waals surface area contributed by atoms with Gasteiger partial charge in [-0.2, -0.15) is 4.31 Å². The van der Waals surface area contributed by atoms with Crippen LogP contribution in [0, 0.1) is 0 Å². The average molecular weight is 673 g/mol. The molecule has 3 aromatic carbocycles. The zero-order chi connectivity index (χ0) is 31.8. The van der Waals surface area contributed by atoms with Crippen LogP contribution in [0.25, 0.3) is 0 Å². The molecular weight excluding hydrogens is 637 g/mol. The van der Waals surface area contributed by atoms with Crippen molar-refractivity contribution in [1.82, 2.24) is 25.2 Å². The minimum Gasteiger partial charge on any atom is -0.493 e. The van der Waals surface area contributed by atoms with Crippen LogP contribution in [0.4, 0.5) is 0 Å². The van der Waals surface area contributed by atoms with Gasteiger partial charge in [0.2, 0.25) is 15.9 Å². The van der Waals surface area contributed by atoms with Crippen molar-refractivity contribution < 1.29 is 22.7 Å². The fraction of sp³-hybridized carbons (Fsp3) is 0.375. The van der Waals surface area contributed by atoms with Crippen LogP contribution in [0.1, 0.15) is 48.5 Å². The summed E-state index contributed by atoms with van der Waals surface area (Å²) in [4.78, 5) is 28.8. The van der Waals surface area contributed by atoms with Crippen molar-refractivity contribution in [3.63, 3.8) is 0 Å². The molecule has 6 rings (SSSR count). The van der Waals surface area contributed by atoms with E-state index in [0.29, 0.717) is 41.8 Å². The third kappa shape index (κ3) is 6.17. The van der Waals surface area contributed by atoms with Crippen molar-refractivity contribution in [2.75, 3.05) is 39.3 Å². The summed E-state index contributed by atoms with van der Waals surface area (Å²) in [5.74, 6) is -0.397. The van der Waals surface area contributed by atoms with Gasteiger partial charge in [0.1, 0.15) is 5.75 Å². The summed E-state index contributed by atoms with van der Waals surface area (Å²) in [6.45, 7) is 3.46. The fourth-order valence-corrected chi connectivity index (χ4v) is 8.12. The minimum atomic E-state index is -3.76. The molecule has 1 unspecified atom stereocenters. The van der Waals surface area contributed by atoms with Gasteiger partial charge < -0.3 is 15.0 Å². The van der Waals surface area contributed by atoms with Gasteiger partial charge >= 0.3 is 0 Å². The molecule has 238 valence electrons. The second-order valence-electron chi connectivity index (χ2n) is 11.4. The molecule has 3 saturated heterocycles. The Labute approximate surface area is 273 Å². The van der Waals surface area contributed by atoms with Crippen molar-refractivity contribution >= 4 is 45.0 Å². The lowest BCUT2D eigenvalue weighted by atomic mass is 9.95. The molecule has 0 radical (unpaired) electrons. The molecule has 3 aromatic rings. The summed E-state index contributed by atoms with van der Waals surface area (Å²) in [7, 11) is -3.76. The number of ether oxygens (including phenoxy) is 1. The zero-order valence-electron chi connectivity index (χ0n) is 24.8. The van der Waals surface area contributed by atoms with Gasteiger partial charge in [0.25, 0.3) is 5.91 Å². The predicted molar refractivity (Wildman–Crippen MR) is 172 cm³/mol. The number of hydrogen-bond acceptors (Lipinski definition) is 7. The molecule has 3 atom stereocenters. The van der Waals surface area contributed by atoms with Gasteiger partial charge in [-0.25, -0.2) is 8.42 Å². The van der Waals surface area contributed by atoms with E-state index in [1.165, 1.54) is 21.3 Å². The Bertz CT molecular complexity index is 1630. The van der Waals surface area contributed by atoms with E-state index in [4.69, 9.17) is 27.9 Å². The van der Waals surface area contributed by atoms with Crippen molar-refractivity contribution in [3.05, 3.63) is 93.5 Å². The lowest BCUT2D eigenvalue weighted by Crippen LogP contribution is -2.62. The Kier molecular flexibility index (Phi) is 9.11. The molecule has 3 aliphatic heterocycles. The standard InChI is InChI=1S/C32H35Cl2N5O5S/c1-2-44-27-19-25(45(42,43)39-16-3-4-17-39)13-14-26(27)32(31(41)38-18-15-35-28(40)20-38)36-29(21-5-9-23(33)10-6-21)30(37-32)22-7-11-24(34)12-8-22/h5-14,19,29-30,36-37H,2-4,15-18,20H2,1H3,(H,35,40)/t29-,30+,32?. The van der Waals surface area contributed by atoms with E-state index >= 15 is 0 Å². The Morgan fingerprint density at radius 1 is 0.911 bits per heavy atom. The van der Waals surface area contributed by atoms with Crippen LogP contribution in [-0.4, -0.2) is 68.8 Å². The first-order chi connectivity index (χ1) is 21.6. The summed E-state index contributed by atoms with van der Waals surface area (Å²) < 4.78 is 34.7. The Morgan fingerprint density at radius 2 is 1.49 bits per heavy atom. The molecule has 3 aliphatic rings. The van der Waals surface area contributed by atoms with Crippen molar-refractivity contribution in [2.45, 2.75) is 42.4 Å². The predicted octanol–water partition coefficient (Wildman–Crippen LogP) is 3.96. The fourth-order valence-electron chi connectivity index (χ4n) is 6.34. The van der Waals surface area contributed by atoms with Crippen molar-refractivity contribution in [2.24, 2.45) is 0 Å². The van der Waals surface area contributed by atoms with E-state index in [1.807, 2.05) is 24.3 Å². The molecule has 0 aliphatic carbocycles. The van der Waals surface area contributed by atoms with Crippen LogP contribution in [-0.2, 0) is 25.3 Å². The van der Waals surface area contributed by atoms with Gasteiger partial charge in [-0.05, 0) is 61.2 Å². The normalized spacial score (nSPS) is 24.1. The van der Waals surface area contributed by atoms with Gasteiger partial charge in [0.05, 0.1) is 30.1 Å². The van der Waals surface area contributed by atoms with Crippen LogP contribution < -0.4 is 20.7 Å². The number of rotatable bonds is 8. The molecule has 13 heteroatoms. The number of benzene rings is 3. The van der Waals surface area contributed by atoms with Crippen molar-refractivity contribution in [1.29, 1.82) is 0 Å². The van der Waals surface area contributed by atoms with E-state index < -0.39 is 27.8 Å². The number of piperazine rings is 1. The molecule has 3 heterocycles. The topological polar surface area (TPSA) is 120 Å². The second kappa shape index (κ2) is 12.9.